The van der Waals surface area contributed by atoms with Gasteiger partial charge in [-0.2, -0.15) is 0 Å². The number of hydrogen-bond acceptors (Lipinski definition) is 6. The molecule has 7 nitrogen and oxygen atoms in total. The molecule has 0 aromatic rings. The third-order valence-corrected chi connectivity index (χ3v) is 6.71. The van der Waals surface area contributed by atoms with Gasteiger partial charge in [-0.3, -0.25) is 0 Å². The molecule has 0 aromatic heterocycles. The lowest BCUT2D eigenvalue weighted by molar-refractivity contribution is -0.126. The molecule has 0 aromatic carbocycles. The number of carbonyl (C=O) groups excluding carboxylic acids is 1. The van der Waals surface area contributed by atoms with Crippen LogP contribution in [0, 0.1) is 11.8 Å². The molecule has 180 valence electrons. The maximum Gasteiger partial charge on any atom is 0.407 e. The number of allylic oxidation sites excluding steroid dienone is 1. The van der Waals surface area contributed by atoms with Crippen LogP contribution >= 0.6 is 0 Å². The SMILES string of the molecule is COCCCCCCNC(=O)OC1CC[C@]2(CO2)C(C(C)[C@H](O)CC=C(C)C)C1OC. The molecule has 2 aliphatic rings. The van der Waals surface area contributed by atoms with E-state index >= 15 is 0 Å². The fourth-order valence-electron chi connectivity index (χ4n) is 4.79. The number of unbranched alkanes of at least 4 members (excludes halogenated alkanes) is 3. The van der Waals surface area contributed by atoms with Crippen LogP contribution in [0.4, 0.5) is 4.79 Å². The first-order valence-corrected chi connectivity index (χ1v) is 11.8. The van der Waals surface area contributed by atoms with Crippen molar-refractivity contribution in [2.45, 2.75) is 89.6 Å². The first-order valence-electron chi connectivity index (χ1n) is 11.8. The maximum atomic E-state index is 12.4. The van der Waals surface area contributed by atoms with Crippen molar-refractivity contribution in [2.24, 2.45) is 11.8 Å². The lowest BCUT2D eigenvalue weighted by atomic mass is 9.68. The van der Waals surface area contributed by atoms with Gasteiger partial charge in [0.15, 0.2) is 0 Å². The van der Waals surface area contributed by atoms with E-state index in [2.05, 4.69) is 18.3 Å². The second-order valence-corrected chi connectivity index (χ2v) is 9.34. The molecule has 0 radical (unpaired) electrons. The Morgan fingerprint density at radius 1 is 1.26 bits per heavy atom. The molecule has 1 saturated heterocycles. The van der Waals surface area contributed by atoms with E-state index in [1.54, 1.807) is 14.2 Å². The fourth-order valence-corrected chi connectivity index (χ4v) is 4.79. The van der Waals surface area contributed by atoms with E-state index in [-0.39, 0.29) is 29.6 Å². The van der Waals surface area contributed by atoms with Gasteiger partial charge < -0.3 is 29.4 Å². The number of amides is 1. The second-order valence-electron chi connectivity index (χ2n) is 9.34. The Balaban J connectivity index is 1.88. The number of aliphatic hydroxyl groups is 1. The highest BCUT2D eigenvalue weighted by molar-refractivity contribution is 5.67. The van der Waals surface area contributed by atoms with Crippen LogP contribution in [0.15, 0.2) is 11.6 Å². The predicted octanol–water partition coefficient (Wildman–Crippen LogP) is 3.84. The average molecular weight is 442 g/mol. The number of carbonyl (C=O) groups is 1. The van der Waals surface area contributed by atoms with Crippen LogP contribution in [0.1, 0.15) is 65.7 Å². The Bertz CT molecular complexity index is 572. The Morgan fingerprint density at radius 3 is 2.58 bits per heavy atom. The predicted molar refractivity (Wildman–Crippen MR) is 120 cm³/mol. The molecular weight excluding hydrogens is 398 g/mol. The molecule has 4 unspecified atom stereocenters. The third-order valence-electron chi connectivity index (χ3n) is 6.71. The van der Waals surface area contributed by atoms with E-state index in [0.29, 0.717) is 26.0 Å². The van der Waals surface area contributed by atoms with Crippen molar-refractivity contribution in [3.63, 3.8) is 0 Å². The van der Waals surface area contributed by atoms with Crippen LogP contribution in [0.3, 0.4) is 0 Å². The van der Waals surface area contributed by atoms with Gasteiger partial charge in [0.25, 0.3) is 0 Å². The molecule has 2 rings (SSSR count). The van der Waals surface area contributed by atoms with Gasteiger partial charge >= 0.3 is 6.09 Å². The van der Waals surface area contributed by atoms with Crippen molar-refractivity contribution in [1.82, 2.24) is 5.32 Å². The van der Waals surface area contributed by atoms with Crippen LogP contribution in [-0.4, -0.2) is 69.1 Å². The first kappa shape index (κ1) is 26.1. The van der Waals surface area contributed by atoms with Gasteiger partial charge in [0, 0.05) is 33.3 Å². The topological polar surface area (TPSA) is 89.6 Å². The third kappa shape index (κ3) is 7.74. The standard InChI is InChI=1S/C24H43NO6/c1-17(2)10-11-19(26)18(3)21-22(29-5)20(12-13-24(21)16-30-24)31-23(27)25-14-8-6-7-9-15-28-4/h10,18-22,26H,6-9,11-16H2,1-5H3,(H,25,27)/t18?,19-,20?,21?,22?,24+/m1/s1. The molecule has 7 heteroatoms. The van der Waals surface area contributed by atoms with Gasteiger partial charge in [0.1, 0.15) is 12.2 Å². The molecule has 1 amide bonds. The Kier molecular flexibility index (Phi) is 10.8. The molecule has 2 N–H and O–H groups in total. The molecule has 6 atom stereocenters. The summed E-state index contributed by atoms with van der Waals surface area (Å²) in [4.78, 5) is 12.4. The van der Waals surface area contributed by atoms with E-state index in [0.717, 1.165) is 38.7 Å². The fraction of sp³-hybridized carbons (Fsp3) is 0.875. The van der Waals surface area contributed by atoms with Crippen molar-refractivity contribution in [1.29, 1.82) is 0 Å². The monoisotopic (exact) mass is 441 g/mol. The number of ether oxygens (including phenoxy) is 4. The summed E-state index contributed by atoms with van der Waals surface area (Å²) in [6.45, 7) is 8.18. The minimum absolute atomic E-state index is 0.0228. The van der Waals surface area contributed by atoms with Gasteiger partial charge in [0.2, 0.25) is 0 Å². The molecule has 1 aliphatic heterocycles. The van der Waals surface area contributed by atoms with Crippen LogP contribution in [0.25, 0.3) is 0 Å². The highest BCUT2D eigenvalue weighted by Crippen LogP contribution is 2.51. The lowest BCUT2D eigenvalue weighted by Gasteiger charge is -2.44. The number of alkyl carbamates (subject to hydrolysis) is 1. The summed E-state index contributed by atoms with van der Waals surface area (Å²) in [7, 11) is 3.37. The molecule has 1 saturated carbocycles. The maximum absolute atomic E-state index is 12.4. The van der Waals surface area contributed by atoms with Crippen molar-refractivity contribution < 1.29 is 28.8 Å². The number of aliphatic hydroxyl groups excluding tert-OH is 1. The Hall–Kier alpha value is -1.15. The minimum atomic E-state index is -0.496. The molecular formula is C24H43NO6. The molecule has 2 fully saturated rings. The zero-order valence-corrected chi connectivity index (χ0v) is 20.0. The first-order chi connectivity index (χ1) is 14.8. The molecule has 1 spiro atoms. The van der Waals surface area contributed by atoms with Gasteiger partial charge in [-0.1, -0.05) is 31.4 Å². The van der Waals surface area contributed by atoms with Crippen LogP contribution < -0.4 is 5.32 Å². The van der Waals surface area contributed by atoms with Crippen LogP contribution in [-0.2, 0) is 18.9 Å². The van der Waals surface area contributed by atoms with Gasteiger partial charge in [0.05, 0.1) is 18.3 Å². The molecule has 31 heavy (non-hydrogen) atoms. The molecule has 1 heterocycles. The van der Waals surface area contributed by atoms with E-state index in [1.807, 2.05) is 13.8 Å². The van der Waals surface area contributed by atoms with Crippen molar-refractivity contribution in [3.05, 3.63) is 11.6 Å². The van der Waals surface area contributed by atoms with Gasteiger partial charge in [-0.25, -0.2) is 4.79 Å². The zero-order chi connectivity index (χ0) is 22.9. The number of epoxide rings is 1. The van der Waals surface area contributed by atoms with Crippen molar-refractivity contribution >= 4 is 6.09 Å². The normalized spacial score (nSPS) is 29.3. The molecule has 1 aliphatic carbocycles. The summed E-state index contributed by atoms with van der Waals surface area (Å²) in [6.07, 6.45) is 6.75. The van der Waals surface area contributed by atoms with Gasteiger partial charge in [-0.15, -0.1) is 0 Å². The highest BCUT2D eigenvalue weighted by atomic mass is 16.6. The minimum Gasteiger partial charge on any atom is -0.443 e. The van der Waals surface area contributed by atoms with Crippen molar-refractivity contribution in [3.8, 4) is 0 Å². The number of hydrogen-bond donors (Lipinski definition) is 2. The summed E-state index contributed by atoms with van der Waals surface area (Å²) < 4.78 is 22.5. The Labute approximate surface area is 187 Å². The quantitative estimate of drug-likeness (QED) is 0.256. The summed E-state index contributed by atoms with van der Waals surface area (Å²) in [5.74, 6) is -0.0602. The number of nitrogens with one attached hydrogen (secondary N) is 1. The van der Waals surface area contributed by atoms with E-state index in [1.165, 1.54) is 5.57 Å². The van der Waals surface area contributed by atoms with E-state index in [4.69, 9.17) is 18.9 Å². The van der Waals surface area contributed by atoms with Gasteiger partial charge in [-0.05, 0) is 51.9 Å². The van der Waals surface area contributed by atoms with Crippen LogP contribution in [0.5, 0.6) is 0 Å². The Morgan fingerprint density at radius 2 is 1.97 bits per heavy atom. The second kappa shape index (κ2) is 12.8. The zero-order valence-electron chi connectivity index (χ0n) is 20.0. The highest BCUT2D eigenvalue weighted by Gasteiger charge is 2.61. The number of methoxy groups -OCH3 is 2. The van der Waals surface area contributed by atoms with E-state index < -0.39 is 12.2 Å². The summed E-state index contributed by atoms with van der Waals surface area (Å²) in [6, 6.07) is 0. The van der Waals surface area contributed by atoms with Crippen LogP contribution in [0.2, 0.25) is 0 Å². The largest absolute Gasteiger partial charge is 0.443 e. The summed E-state index contributed by atoms with van der Waals surface area (Å²) in [5.41, 5.74) is 0.928. The van der Waals surface area contributed by atoms with Crippen molar-refractivity contribution in [2.75, 3.05) is 34.0 Å². The van der Waals surface area contributed by atoms with E-state index in [9.17, 15) is 9.90 Å². The summed E-state index contributed by atoms with van der Waals surface area (Å²) in [5, 5.41) is 13.7. The smallest absolute Gasteiger partial charge is 0.407 e. The molecule has 0 bridgehead atoms. The summed E-state index contributed by atoms with van der Waals surface area (Å²) >= 11 is 0. The average Bonchev–Trinajstić information content (AvgIpc) is 3.51. The lowest BCUT2D eigenvalue weighted by Crippen LogP contribution is -2.54. The number of rotatable bonds is 13.